The predicted octanol–water partition coefficient (Wildman–Crippen LogP) is 6.05. The maximum absolute atomic E-state index is 14.6. The molecule has 3 aromatic rings. The van der Waals surface area contributed by atoms with Crippen molar-refractivity contribution in [2.24, 2.45) is 11.8 Å². The molecule has 2 aliphatic heterocycles. The van der Waals surface area contributed by atoms with Crippen molar-refractivity contribution in [3.05, 3.63) is 77.4 Å². The molecule has 3 aromatic carbocycles. The van der Waals surface area contributed by atoms with Gasteiger partial charge in [0.05, 0.1) is 0 Å². The van der Waals surface area contributed by atoms with Gasteiger partial charge in [-0.1, -0.05) is 50.2 Å². The number of carbonyl (C=O) groups is 1. The number of hydrogen-bond acceptors (Lipinski definition) is 8. The first-order valence-electron chi connectivity index (χ1n) is 12.9. The molecule has 41 heavy (non-hydrogen) atoms. The van der Waals surface area contributed by atoms with Gasteiger partial charge < -0.3 is 33.5 Å². The number of aromatic hydroxyl groups is 1. The number of phenolic OH excluding ortho intramolecular Hbond substituents is 1. The van der Waals surface area contributed by atoms with E-state index in [9.17, 15) is 23.1 Å². The number of phenols is 1. The van der Waals surface area contributed by atoms with E-state index >= 15 is 0 Å². The van der Waals surface area contributed by atoms with E-state index in [0.717, 1.165) is 7.11 Å². The van der Waals surface area contributed by atoms with Gasteiger partial charge in [0, 0.05) is 24.7 Å². The lowest BCUT2D eigenvalue weighted by atomic mass is 9.82. The van der Waals surface area contributed by atoms with Crippen molar-refractivity contribution in [1.82, 2.24) is 0 Å². The molecule has 0 unspecified atom stereocenters. The van der Waals surface area contributed by atoms with Crippen molar-refractivity contribution in [2.75, 3.05) is 20.7 Å². The number of halogens is 3. The first kappa shape index (κ1) is 28.4. The highest BCUT2D eigenvalue weighted by molar-refractivity contribution is 5.83. The highest BCUT2D eigenvalue weighted by Gasteiger charge is 2.64. The standard InChI is InChI=1S/C30H29F3O8/c1-17(11-20-13-25-26(14-22(20)34)40-16-39-25)18(2)27(19-9-10-23-24(12-19)38-15-37-23)41-28(35)29(36-3,30(31,32)33)21-7-5-4-6-8-21/h4-10,12-14,17-18,27,34H,11,15-16H2,1-3H3/t17-,18+,27-,29-/m0/s1. The van der Waals surface area contributed by atoms with Crippen LogP contribution in [0.2, 0.25) is 0 Å². The fourth-order valence-corrected chi connectivity index (χ4v) is 5.12. The van der Waals surface area contributed by atoms with E-state index in [2.05, 4.69) is 0 Å². The third-order valence-corrected chi connectivity index (χ3v) is 7.62. The van der Waals surface area contributed by atoms with Crippen LogP contribution in [-0.4, -0.2) is 37.9 Å². The maximum atomic E-state index is 14.6. The summed E-state index contributed by atoms with van der Waals surface area (Å²) < 4.78 is 76.2. The number of benzene rings is 3. The van der Waals surface area contributed by atoms with Crippen molar-refractivity contribution in [3.63, 3.8) is 0 Å². The molecule has 0 saturated carbocycles. The van der Waals surface area contributed by atoms with E-state index in [1.807, 2.05) is 6.92 Å². The monoisotopic (exact) mass is 574 g/mol. The third-order valence-electron chi connectivity index (χ3n) is 7.62. The molecule has 218 valence electrons. The molecule has 0 bridgehead atoms. The van der Waals surface area contributed by atoms with Gasteiger partial charge in [-0.2, -0.15) is 13.2 Å². The number of hydrogen-bond donors (Lipinski definition) is 1. The molecule has 0 radical (unpaired) electrons. The fraction of sp³-hybridized carbons (Fsp3) is 0.367. The predicted molar refractivity (Wildman–Crippen MR) is 139 cm³/mol. The quantitative estimate of drug-likeness (QED) is 0.309. The summed E-state index contributed by atoms with van der Waals surface area (Å²) in [5.74, 6) is -0.704. The summed E-state index contributed by atoms with van der Waals surface area (Å²) in [6.07, 6.45) is -5.98. The summed E-state index contributed by atoms with van der Waals surface area (Å²) in [4.78, 5) is 13.6. The van der Waals surface area contributed by atoms with Gasteiger partial charge in [0.25, 0.3) is 5.60 Å². The van der Waals surface area contributed by atoms with Crippen LogP contribution in [-0.2, 0) is 26.3 Å². The number of alkyl halides is 3. The molecule has 0 spiro atoms. The van der Waals surface area contributed by atoms with Crippen molar-refractivity contribution < 1.29 is 51.5 Å². The van der Waals surface area contributed by atoms with Crippen LogP contribution < -0.4 is 18.9 Å². The Kier molecular flexibility index (Phi) is 7.65. The number of ether oxygens (including phenoxy) is 6. The first-order chi connectivity index (χ1) is 19.5. The molecule has 5 rings (SSSR count). The van der Waals surface area contributed by atoms with Crippen LogP contribution in [0.15, 0.2) is 60.7 Å². The van der Waals surface area contributed by atoms with Crippen molar-refractivity contribution in [2.45, 2.75) is 38.1 Å². The zero-order valence-corrected chi connectivity index (χ0v) is 22.6. The molecule has 0 aromatic heterocycles. The Bertz CT molecular complexity index is 1410. The Balaban J connectivity index is 1.50. The van der Waals surface area contributed by atoms with Gasteiger partial charge in [-0.05, 0) is 41.7 Å². The normalized spacial score (nSPS) is 17.4. The van der Waals surface area contributed by atoms with E-state index in [1.54, 1.807) is 31.2 Å². The number of methoxy groups -OCH3 is 1. The number of fused-ring (bicyclic) bond motifs is 2. The third kappa shape index (κ3) is 5.21. The SMILES string of the molecule is CO[C@](C(=O)O[C@H](c1ccc2c(c1)OCO2)[C@H](C)[C@@H](C)Cc1cc2c(cc1O)OCO2)(c1ccccc1)C(F)(F)F. The van der Waals surface area contributed by atoms with Gasteiger partial charge in [-0.3, -0.25) is 0 Å². The van der Waals surface area contributed by atoms with E-state index in [1.165, 1.54) is 36.4 Å². The second kappa shape index (κ2) is 11.0. The summed E-state index contributed by atoms with van der Waals surface area (Å²) >= 11 is 0. The smallest absolute Gasteiger partial charge is 0.432 e. The van der Waals surface area contributed by atoms with Crippen LogP contribution in [0.1, 0.15) is 36.6 Å². The Morgan fingerprint density at radius 3 is 2.15 bits per heavy atom. The van der Waals surface area contributed by atoms with Crippen molar-refractivity contribution in [3.8, 4) is 28.7 Å². The zero-order chi connectivity index (χ0) is 29.4. The molecule has 0 aliphatic carbocycles. The number of rotatable bonds is 9. The summed E-state index contributed by atoms with van der Waals surface area (Å²) in [5.41, 5.74) is -2.80. The van der Waals surface area contributed by atoms with Crippen LogP contribution >= 0.6 is 0 Å². The van der Waals surface area contributed by atoms with Gasteiger partial charge in [-0.15, -0.1) is 0 Å². The summed E-state index contributed by atoms with van der Waals surface area (Å²) in [5, 5.41) is 10.6. The van der Waals surface area contributed by atoms with Crippen LogP contribution in [0.4, 0.5) is 13.2 Å². The van der Waals surface area contributed by atoms with Crippen LogP contribution in [0, 0.1) is 11.8 Å². The summed E-state index contributed by atoms with van der Waals surface area (Å²) in [6, 6.07) is 14.6. The molecule has 8 nitrogen and oxygen atoms in total. The topological polar surface area (TPSA) is 92.7 Å². The molecular formula is C30H29F3O8. The van der Waals surface area contributed by atoms with Crippen molar-refractivity contribution >= 4 is 5.97 Å². The summed E-state index contributed by atoms with van der Waals surface area (Å²) in [6.45, 7) is 3.65. The lowest BCUT2D eigenvalue weighted by Gasteiger charge is -2.36. The first-order valence-corrected chi connectivity index (χ1v) is 12.9. The highest BCUT2D eigenvalue weighted by Crippen LogP contribution is 2.46. The minimum Gasteiger partial charge on any atom is -0.508 e. The van der Waals surface area contributed by atoms with Crippen LogP contribution in [0.5, 0.6) is 28.7 Å². The molecule has 0 saturated heterocycles. The van der Waals surface area contributed by atoms with E-state index in [0.29, 0.717) is 40.5 Å². The minimum atomic E-state index is -5.13. The van der Waals surface area contributed by atoms with Gasteiger partial charge >= 0.3 is 12.1 Å². The minimum absolute atomic E-state index is 0.00649. The van der Waals surface area contributed by atoms with E-state index < -0.39 is 35.3 Å². The molecular weight excluding hydrogens is 545 g/mol. The largest absolute Gasteiger partial charge is 0.508 e. The molecule has 2 aliphatic rings. The molecule has 11 heteroatoms. The number of carbonyl (C=O) groups excluding carboxylic acids is 1. The molecule has 0 amide bonds. The Morgan fingerprint density at radius 1 is 0.902 bits per heavy atom. The van der Waals surface area contributed by atoms with Gasteiger partial charge in [0.15, 0.2) is 23.0 Å². The van der Waals surface area contributed by atoms with Gasteiger partial charge in [0.1, 0.15) is 11.9 Å². The van der Waals surface area contributed by atoms with E-state index in [4.69, 9.17) is 28.4 Å². The van der Waals surface area contributed by atoms with Crippen LogP contribution in [0.3, 0.4) is 0 Å². The molecule has 2 heterocycles. The second-order valence-electron chi connectivity index (χ2n) is 10.1. The van der Waals surface area contributed by atoms with Crippen LogP contribution in [0.25, 0.3) is 0 Å². The Morgan fingerprint density at radius 2 is 1.51 bits per heavy atom. The lowest BCUT2D eigenvalue weighted by Crippen LogP contribution is -2.52. The van der Waals surface area contributed by atoms with Gasteiger partial charge in [-0.25, -0.2) is 4.79 Å². The lowest BCUT2D eigenvalue weighted by molar-refractivity contribution is -0.279. The molecule has 1 N–H and O–H groups in total. The fourth-order valence-electron chi connectivity index (χ4n) is 5.12. The van der Waals surface area contributed by atoms with Gasteiger partial charge in [0.2, 0.25) is 13.6 Å². The maximum Gasteiger partial charge on any atom is 0.432 e. The van der Waals surface area contributed by atoms with Crippen molar-refractivity contribution in [1.29, 1.82) is 0 Å². The zero-order valence-electron chi connectivity index (χ0n) is 22.6. The average Bonchev–Trinajstić information content (AvgIpc) is 3.60. The van der Waals surface area contributed by atoms with E-state index in [-0.39, 0.29) is 25.3 Å². The highest BCUT2D eigenvalue weighted by atomic mass is 19.4. The average molecular weight is 575 g/mol. The Labute approximate surface area is 234 Å². The Hall–Kier alpha value is -4.12. The molecule has 0 fully saturated rings. The molecule has 4 atom stereocenters. The summed E-state index contributed by atoms with van der Waals surface area (Å²) in [7, 11) is 0.825. The number of esters is 1. The second-order valence-corrected chi connectivity index (χ2v) is 10.1.